The Kier molecular flexibility index (Phi) is 3.42. The minimum atomic E-state index is 0.258. The van der Waals surface area contributed by atoms with Crippen LogP contribution in [-0.4, -0.2) is 31.0 Å². The summed E-state index contributed by atoms with van der Waals surface area (Å²) in [6.45, 7) is 2.87. The zero-order chi connectivity index (χ0) is 9.97. The smallest absolute Gasteiger partial charge is 0.0813 e. The van der Waals surface area contributed by atoms with Crippen molar-refractivity contribution in [2.45, 2.75) is 63.4 Å². The molecule has 3 heteroatoms. The van der Waals surface area contributed by atoms with Gasteiger partial charge in [0, 0.05) is 6.04 Å². The molecule has 0 aromatic carbocycles. The molecular weight excluding hydrogens is 178 g/mol. The van der Waals surface area contributed by atoms with Gasteiger partial charge in [-0.05, 0) is 39.0 Å². The zero-order valence-electron chi connectivity index (χ0n) is 8.95. The largest absolute Gasteiger partial charge is 0.374 e. The lowest BCUT2D eigenvalue weighted by molar-refractivity contribution is -0.0392. The van der Waals surface area contributed by atoms with E-state index >= 15 is 0 Å². The summed E-state index contributed by atoms with van der Waals surface area (Å²) in [4.78, 5) is 0. The quantitative estimate of drug-likeness (QED) is 0.748. The van der Waals surface area contributed by atoms with Crippen molar-refractivity contribution in [3.8, 4) is 0 Å². The molecule has 1 aliphatic heterocycles. The first-order valence-electron chi connectivity index (χ1n) is 5.78. The predicted molar refractivity (Wildman–Crippen MR) is 55.1 cm³/mol. The lowest BCUT2D eigenvalue weighted by Gasteiger charge is -2.19. The standard InChI is InChI=1S/C11H21NO2/c1-8-5-6-9(14-8)7-13-11-4-2-3-10(11)12/h8-11H,2-7,12H2,1H3. The molecule has 0 aromatic rings. The maximum Gasteiger partial charge on any atom is 0.0813 e. The highest BCUT2D eigenvalue weighted by Crippen LogP contribution is 2.23. The number of hydrogen-bond acceptors (Lipinski definition) is 3. The van der Waals surface area contributed by atoms with Gasteiger partial charge in [-0.25, -0.2) is 0 Å². The molecule has 4 unspecified atom stereocenters. The first kappa shape index (κ1) is 10.4. The van der Waals surface area contributed by atoms with Gasteiger partial charge < -0.3 is 15.2 Å². The molecule has 1 aliphatic carbocycles. The second kappa shape index (κ2) is 4.60. The number of nitrogens with two attached hydrogens (primary N) is 1. The zero-order valence-corrected chi connectivity index (χ0v) is 8.95. The van der Waals surface area contributed by atoms with Crippen molar-refractivity contribution in [1.29, 1.82) is 0 Å². The molecule has 1 saturated heterocycles. The van der Waals surface area contributed by atoms with Crippen LogP contribution in [0.15, 0.2) is 0 Å². The van der Waals surface area contributed by atoms with Crippen molar-refractivity contribution in [2.75, 3.05) is 6.61 Å². The third-order valence-electron chi connectivity index (χ3n) is 3.32. The number of rotatable bonds is 3. The molecule has 1 saturated carbocycles. The molecule has 2 rings (SSSR count). The highest BCUT2D eigenvalue weighted by atomic mass is 16.5. The van der Waals surface area contributed by atoms with Crippen molar-refractivity contribution < 1.29 is 9.47 Å². The molecule has 0 aromatic heterocycles. The van der Waals surface area contributed by atoms with Gasteiger partial charge in [0.2, 0.25) is 0 Å². The average molecular weight is 199 g/mol. The lowest BCUT2D eigenvalue weighted by Crippen LogP contribution is -2.33. The van der Waals surface area contributed by atoms with Crippen molar-refractivity contribution >= 4 is 0 Å². The third kappa shape index (κ3) is 2.47. The Morgan fingerprint density at radius 2 is 2.14 bits per heavy atom. The second-order valence-electron chi connectivity index (χ2n) is 4.61. The Balaban J connectivity index is 1.67. The molecule has 0 spiro atoms. The first-order chi connectivity index (χ1) is 6.75. The average Bonchev–Trinajstić information content (AvgIpc) is 2.72. The van der Waals surface area contributed by atoms with Gasteiger partial charge in [0.1, 0.15) is 0 Å². The van der Waals surface area contributed by atoms with E-state index in [9.17, 15) is 0 Å². The lowest BCUT2D eigenvalue weighted by atomic mass is 10.2. The molecule has 4 atom stereocenters. The highest BCUT2D eigenvalue weighted by molar-refractivity contribution is 4.81. The summed E-state index contributed by atoms with van der Waals surface area (Å²) in [7, 11) is 0. The van der Waals surface area contributed by atoms with Gasteiger partial charge in [-0.15, -0.1) is 0 Å². The molecule has 2 fully saturated rings. The van der Waals surface area contributed by atoms with Crippen molar-refractivity contribution in [2.24, 2.45) is 5.73 Å². The van der Waals surface area contributed by atoms with Gasteiger partial charge in [-0.2, -0.15) is 0 Å². The molecule has 0 bridgehead atoms. The molecule has 0 radical (unpaired) electrons. The van der Waals surface area contributed by atoms with Gasteiger partial charge in [0.05, 0.1) is 24.9 Å². The topological polar surface area (TPSA) is 44.5 Å². The van der Waals surface area contributed by atoms with Crippen LogP contribution in [0.1, 0.15) is 39.0 Å². The first-order valence-corrected chi connectivity index (χ1v) is 5.78. The van der Waals surface area contributed by atoms with Crippen LogP contribution < -0.4 is 5.73 Å². The maximum atomic E-state index is 5.93. The molecule has 1 heterocycles. The van der Waals surface area contributed by atoms with E-state index in [0.717, 1.165) is 25.9 Å². The van der Waals surface area contributed by atoms with E-state index in [0.29, 0.717) is 12.2 Å². The Hall–Kier alpha value is -0.120. The SMILES string of the molecule is CC1CCC(COC2CCCC2N)O1. The van der Waals surface area contributed by atoms with Crippen molar-refractivity contribution in [3.63, 3.8) is 0 Å². The van der Waals surface area contributed by atoms with E-state index in [2.05, 4.69) is 6.92 Å². The second-order valence-corrected chi connectivity index (χ2v) is 4.61. The molecule has 14 heavy (non-hydrogen) atoms. The molecule has 2 N–H and O–H groups in total. The van der Waals surface area contributed by atoms with Crippen LogP contribution in [0.5, 0.6) is 0 Å². The molecule has 2 aliphatic rings. The van der Waals surface area contributed by atoms with Gasteiger partial charge in [-0.3, -0.25) is 0 Å². The van der Waals surface area contributed by atoms with E-state index in [-0.39, 0.29) is 12.1 Å². The van der Waals surface area contributed by atoms with Gasteiger partial charge >= 0.3 is 0 Å². The summed E-state index contributed by atoms with van der Waals surface area (Å²) in [5.41, 5.74) is 5.93. The third-order valence-corrected chi connectivity index (χ3v) is 3.32. The Labute approximate surface area is 85.9 Å². The fourth-order valence-corrected chi connectivity index (χ4v) is 2.40. The summed E-state index contributed by atoms with van der Waals surface area (Å²) < 4.78 is 11.5. The Bertz CT molecular complexity index is 186. The van der Waals surface area contributed by atoms with E-state index in [4.69, 9.17) is 15.2 Å². The van der Waals surface area contributed by atoms with E-state index < -0.39 is 0 Å². The molecule has 0 amide bonds. The summed E-state index contributed by atoms with van der Waals surface area (Å²) in [6.07, 6.45) is 6.80. The Morgan fingerprint density at radius 3 is 2.71 bits per heavy atom. The van der Waals surface area contributed by atoms with Crippen LogP contribution in [0, 0.1) is 0 Å². The monoisotopic (exact) mass is 199 g/mol. The molecular formula is C11H21NO2. The fourth-order valence-electron chi connectivity index (χ4n) is 2.40. The van der Waals surface area contributed by atoms with Crippen molar-refractivity contribution in [1.82, 2.24) is 0 Å². The van der Waals surface area contributed by atoms with Crippen LogP contribution in [0.25, 0.3) is 0 Å². The van der Waals surface area contributed by atoms with Crippen molar-refractivity contribution in [3.05, 3.63) is 0 Å². The van der Waals surface area contributed by atoms with E-state index in [1.807, 2.05) is 0 Å². The number of hydrogen-bond donors (Lipinski definition) is 1. The van der Waals surface area contributed by atoms with E-state index in [1.165, 1.54) is 12.8 Å². The summed E-state index contributed by atoms with van der Waals surface area (Å²) >= 11 is 0. The van der Waals surface area contributed by atoms with E-state index in [1.54, 1.807) is 0 Å². The summed E-state index contributed by atoms with van der Waals surface area (Å²) in [6, 6.07) is 0.258. The van der Waals surface area contributed by atoms with Crippen LogP contribution in [0.3, 0.4) is 0 Å². The predicted octanol–water partition coefficient (Wildman–Crippen LogP) is 1.45. The minimum absolute atomic E-state index is 0.258. The molecule has 82 valence electrons. The number of ether oxygens (including phenoxy) is 2. The molecule has 3 nitrogen and oxygen atoms in total. The van der Waals surface area contributed by atoms with Gasteiger partial charge in [0.25, 0.3) is 0 Å². The summed E-state index contributed by atoms with van der Waals surface area (Å²) in [5.74, 6) is 0. The highest BCUT2D eigenvalue weighted by Gasteiger charge is 2.27. The van der Waals surface area contributed by atoms with Crippen LogP contribution >= 0.6 is 0 Å². The van der Waals surface area contributed by atoms with Crippen LogP contribution in [0.2, 0.25) is 0 Å². The fraction of sp³-hybridized carbons (Fsp3) is 1.00. The maximum absolute atomic E-state index is 5.93. The minimum Gasteiger partial charge on any atom is -0.374 e. The summed E-state index contributed by atoms with van der Waals surface area (Å²) in [5, 5.41) is 0. The Morgan fingerprint density at radius 1 is 1.29 bits per heavy atom. The van der Waals surface area contributed by atoms with Gasteiger partial charge in [0.15, 0.2) is 0 Å². The van der Waals surface area contributed by atoms with Gasteiger partial charge in [-0.1, -0.05) is 0 Å². The van der Waals surface area contributed by atoms with Crippen LogP contribution in [0.4, 0.5) is 0 Å². The van der Waals surface area contributed by atoms with Crippen LogP contribution in [-0.2, 0) is 9.47 Å². The normalized spacial score (nSPS) is 43.3.